The van der Waals surface area contributed by atoms with Gasteiger partial charge in [-0.3, -0.25) is 4.79 Å². The third-order valence-electron chi connectivity index (χ3n) is 5.94. The van der Waals surface area contributed by atoms with Crippen molar-refractivity contribution >= 4 is 5.91 Å². The molecule has 2 saturated heterocycles. The number of amides is 1. The molecule has 5 heteroatoms. The third-order valence-corrected chi connectivity index (χ3v) is 5.94. The number of benzene rings is 1. The van der Waals surface area contributed by atoms with Gasteiger partial charge in [0.2, 0.25) is 5.91 Å². The summed E-state index contributed by atoms with van der Waals surface area (Å²) in [6, 6.07) is 7.69. The Labute approximate surface area is 142 Å². The predicted molar refractivity (Wildman–Crippen MR) is 89.4 cm³/mol. The van der Waals surface area contributed by atoms with E-state index in [1.807, 2.05) is 6.07 Å². The molecule has 1 aliphatic carbocycles. The Morgan fingerprint density at radius 2 is 1.79 bits per heavy atom. The molecule has 1 aromatic rings. The summed E-state index contributed by atoms with van der Waals surface area (Å²) in [7, 11) is 0. The summed E-state index contributed by atoms with van der Waals surface area (Å²) in [5.74, 6) is 2.33. The van der Waals surface area contributed by atoms with E-state index in [-0.39, 0.29) is 11.8 Å². The van der Waals surface area contributed by atoms with Gasteiger partial charge >= 0.3 is 0 Å². The molecule has 5 nitrogen and oxygen atoms in total. The zero-order valence-electron chi connectivity index (χ0n) is 13.8. The SMILES string of the molecule is O=C(NC1CC2CCC(C1)N2)C1CC1c1ccc2c(c1)OCCO2. The van der Waals surface area contributed by atoms with Gasteiger partial charge in [-0.15, -0.1) is 0 Å². The van der Waals surface area contributed by atoms with Crippen molar-refractivity contribution in [2.45, 2.75) is 56.1 Å². The number of hydrogen-bond acceptors (Lipinski definition) is 4. The summed E-state index contributed by atoms with van der Waals surface area (Å²) in [5, 5.41) is 6.93. The van der Waals surface area contributed by atoms with Crippen LogP contribution in [0.3, 0.4) is 0 Å². The first-order chi connectivity index (χ1) is 11.8. The summed E-state index contributed by atoms with van der Waals surface area (Å²) in [6.45, 7) is 1.21. The number of nitrogens with one attached hydrogen (secondary N) is 2. The maximum atomic E-state index is 12.6. The molecule has 3 fully saturated rings. The first kappa shape index (κ1) is 14.6. The third kappa shape index (κ3) is 2.65. The first-order valence-electron chi connectivity index (χ1n) is 9.22. The van der Waals surface area contributed by atoms with Gasteiger partial charge in [0.05, 0.1) is 0 Å². The second-order valence-corrected chi connectivity index (χ2v) is 7.67. The highest BCUT2D eigenvalue weighted by molar-refractivity contribution is 5.83. The minimum Gasteiger partial charge on any atom is -0.486 e. The van der Waals surface area contributed by atoms with E-state index < -0.39 is 0 Å². The van der Waals surface area contributed by atoms with Crippen molar-refractivity contribution in [1.82, 2.24) is 10.6 Å². The van der Waals surface area contributed by atoms with Crippen molar-refractivity contribution in [3.05, 3.63) is 23.8 Å². The molecule has 4 aliphatic rings. The highest BCUT2D eigenvalue weighted by Gasteiger charge is 2.45. The Balaban J connectivity index is 1.21. The fourth-order valence-corrected chi connectivity index (χ4v) is 4.63. The Morgan fingerprint density at radius 3 is 2.58 bits per heavy atom. The highest BCUT2D eigenvalue weighted by Crippen LogP contribution is 2.49. The van der Waals surface area contributed by atoms with Gasteiger partial charge in [-0.05, 0) is 55.7 Å². The molecule has 4 atom stereocenters. The number of fused-ring (bicyclic) bond motifs is 3. The van der Waals surface area contributed by atoms with E-state index in [1.165, 1.54) is 18.4 Å². The van der Waals surface area contributed by atoms with Crippen LogP contribution in [0.4, 0.5) is 0 Å². The average molecular weight is 328 g/mol. The van der Waals surface area contributed by atoms with Gasteiger partial charge in [0.25, 0.3) is 0 Å². The molecular weight excluding hydrogens is 304 g/mol. The van der Waals surface area contributed by atoms with E-state index in [0.29, 0.717) is 37.3 Å². The van der Waals surface area contributed by atoms with E-state index in [0.717, 1.165) is 30.8 Å². The van der Waals surface area contributed by atoms with Crippen LogP contribution in [-0.2, 0) is 4.79 Å². The number of ether oxygens (including phenoxy) is 2. The molecule has 1 amide bonds. The van der Waals surface area contributed by atoms with Crippen LogP contribution in [0, 0.1) is 5.92 Å². The fraction of sp³-hybridized carbons (Fsp3) is 0.632. The lowest BCUT2D eigenvalue weighted by molar-refractivity contribution is -0.123. The van der Waals surface area contributed by atoms with Crippen LogP contribution in [0.5, 0.6) is 11.5 Å². The smallest absolute Gasteiger partial charge is 0.223 e. The van der Waals surface area contributed by atoms with Crippen molar-refractivity contribution < 1.29 is 14.3 Å². The molecule has 3 heterocycles. The normalized spacial score (nSPS) is 36.2. The summed E-state index contributed by atoms with van der Waals surface area (Å²) >= 11 is 0. The molecule has 0 spiro atoms. The van der Waals surface area contributed by atoms with E-state index in [4.69, 9.17) is 9.47 Å². The summed E-state index contributed by atoms with van der Waals surface area (Å²) < 4.78 is 11.2. The Hall–Kier alpha value is -1.75. The minimum atomic E-state index is 0.125. The lowest BCUT2D eigenvalue weighted by Crippen LogP contribution is -2.48. The molecule has 128 valence electrons. The van der Waals surface area contributed by atoms with Crippen LogP contribution in [0.2, 0.25) is 0 Å². The first-order valence-corrected chi connectivity index (χ1v) is 9.22. The van der Waals surface area contributed by atoms with Gasteiger partial charge in [0.1, 0.15) is 13.2 Å². The van der Waals surface area contributed by atoms with Crippen LogP contribution in [0.1, 0.15) is 43.6 Å². The Morgan fingerprint density at radius 1 is 1.04 bits per heavy atom. The van der Waals surface area contributed by atoms with Gasteiger partial charge in [-0.1, -0.05) is 6.07 Å². The molecule has 1 saturated carbocycles. The van der Waals surface area contributed by atoms with Crippen molar-refractivity contribution in [2.24, 2.45) is 5.92 Å². The predicted octanol–water partition coefficient (Wildman–Crippen LogP) is 1.96. The second-order valence-electron chi connectivity index (χ2n) is 7.67. The largest absolute Gasteiger partial charge is 0.486 e. The maximum absolute atomic E-state index is 12.6. The fourth-order valence-electron chi connectivity index (χ4n) is 4.63. The molecule has 3 aliphatic heterocycles. The Bertz CT molecular complexity index is 650. The number of rotatable bonds is 3. The molecule has 0 radical (unpaired) electrons. The number of carbonyl (C=O) groups excluding carboxylic acids is 1. The summed E-state index contributed by atoms with van der Waals surface area (Å²) in [4.78, 5) is 12.6. The van der Waals surface area contributed by atoms with Crippen LogP contribution < -0.4 is 20.1 Å². The van der Waals surface area contributed by atoms with Crippen molar-refractivity contribution in [1.29, 1.82) is 0 Å². The van der Waals surface area contributed by atoms with Gasteiger partial charge in [0.15, 0.2) is 11.5 Å². The number of piperidine rings is 1. The molecule has 24 heavy (non-hydrogen) atoms. The standard InChI is InChI=1S/C19H24N2O3/c22-19(21-14-8-12-2-3-13(9-14)20-12)16-10-15(16)11-1-4-17-18(7-11)24-6-5-23-17/h1,4,7,12-16,20H,2-3,5-6,8-10H2,(H,21,22). The van der Waals surface area contributed by atoms with Gasteiger partial charge < -0.3 is 20.1 Å². The highest BCUT2D eigenvalue weighted by atomic mass is 16.6. The lowest BCUT2D eigenvalue weighted by Gasteiger charge is -2.29. The van der Waals surface area contributed by atoms with Crippen LogP contribution in [-0.4, -0.2) is 37.2 Å². The quantitative estimate of drug-likeness (QED) is 0.890. The van der Waals surface area contributed by atoms with E-state index in [1.54, 1.807) is 0 Å². The summed E-state index contributed by atoms with van der Waals surface area (Å²) in [5.41, 5.74) is 1.20. The van der Waals surface area contributed by atoms with Crippen molar-refractivity contribution in [3.63, 3.8) is 0 Å². The van der Waals surface area contributed by atoms with E-state index >= 15 is 0 Å². The zero-order chi connectivity index (χ0) is 16.1. The molecule has 1 aromatic carbocycles. The van der Waals surface area contributed by atoms with E-state index in [2.05, 4.69) is 22.8 Å². The zero-order valence-corrected chi connectivity index (χ0v) is 13.8. The molecule has 2 N–H and O–H groups in total. The van der Waals surface area contributed by atoms with Crippen LogP contribution in [0.25, 0.3) is 0 Å². The topological polar surface area (TPSA) is 59.6 Å². The minimum absolute atomic E-state index is 0.125. The van der Waals surface area contributed by atoms with Crippen molar-refractivity contribution in [3.8, 4) is 11.5 Å². The van der Waals surface area contributed by atoms with Gasteiger partial charge in [-0.2, -0.15) is 0 Å². The molecule has 2 bridgehead atoms. The van der Waals surface area contributed by atoms with E-state index in [9.17, 15) is 4.79 Å². The Kier molecular flexibility index (Phi) is 3.44. The monoisotopic (exact) mass is 328 g/mol. The average Bonchev–Trinajstić information content (AvgIpc) is 3.34. The lowest BCUT2D eigenvalue weighted by atomic mass is 9.99. The van der Waals surface area contributed by atoms with Crippen molar-refractivity contribution in [2.75, 3.05) is 13.2 Å². The second kappa shape index (κ2) is 5.66. The molecule has 5 rings (SSSR count). The molecular formula is C19H24N2O3. The maximum Gasteiger partial charge on any atom is 0.223 e. The number of hydrogen-bond donors (Lipinski definition) is 2. The van der Waals surface area contributed by atoms with Gasteiger partial charge in [-0.25, -0.2) is 0 Å². The van der Waals surface area contributed by atoms with Crippen LogP contribution in [0.15, 0.2) is 18.2 Å². The number of carbonyl (C=O) groups is 1. The van der Waals surface area contributed by atoms with Crippen LogP contribution >= 0.6 is 0 Å². The molecule has 0 aromatic heterocycles. The van der Waals surface area contributed by atoms with Gasteiger partial charge in [0, 0.05) is 24.0 Å². The summed E-state index contributed by atoms with van der Waals surface area (Å²) in [6.07, 6.45) is 5.65. The molecule has 4 unspecified atom stereocenters.